The minimum absolute atomic E-state index is 0.778. The third kappa shape index (κ3) is 2.79. The summed E-state index contributed by atoms with van der Waals surface area (Å²) in [5.41, 5.74) is 2.15. The van der Waals surface area contributed by atoms with E-state index in [0.29, 0.717) is 0 Å². The van der Waals surface area contributed by atoms with Crippen molar-refractivity contribution in [3.05, 3.63) is 42.1 Å². The number of ether oxygens (including phenoxy) is 1. The number of para-hydroxylation sites is 1. The van der Waals surface area contributed by atoms with Gasteiger partial charge in [-0.2, -0.15) is 0 Å². The first-order chi connectivity index (χ1) is 7.86. The molecule has 3 nitrogen and oxygen atoms in total. The summed E-state index contributed by atoms with van der Waals surface area (Å²) in [6, 6.07) is 12.3. The van der Waals surface area contributed by atoms with Crippen LogP contribution in [0.5, 0.6) is 0 Å². The van der Waals surface area contributed by atoms with Crippen LogP contribution in [0.4, 0.5) is 0 Å². The molecule has 2 heterocycles. The molecule has 1 aromatic heterocycles. The highest BCUT2D eigenvalue weighted by Crippen LogP contribution is 2.10. The van der Waals surface area contributed by atoms with Crippen molar-refractivity contribution in [1.82, 2.24) is 4.98 Å². The van der Waals surface area contributed by atoms with Gasteiger partial charge in [-0.15, -0.1) is 0 Å². The SMILES string of the molecule is C1=NCCO1.Cc1ccc2ccccc2n1. The zero-order chi connectivity index (χ0) is 11.2. The Morgan fingerprint density at radius 2 is 2.00 bits per heavy atom. The Hall–Kier alpha value is -1.90. The number of aliphatic imine (C=N–C) groups is 1. The summed E-state index contributed by atoms with van der Waals surface area (Å²) >= 11 is 0. The maximum Gasteiger partial charge on any atom is 0.169 e. The molecule has 0 amide bonds. The van der Waals surface area contributed by atoms with Gasteiger partial charge < -0.3 is 4.74 Å². The van der Waals surface area contributed by atoms with Crippen LogP contribution in [0.25, 0.3) is 10.9 Å². The van der Waals surface area contributed by atoms with Crippen LogP contribution in [-0.4, -0.2) is 24.5 Å². The third-order valence-electron chi connectivity index (χ3n) is 2.22. The van der Waals surface area contributed by atoms with Crippen LogP contribution in [0.1, 0.15) is 5.69 Å². The molecule has 1 aliphatic heterocycles. The molecule has 82 valence electrons. The summed E-state index contributed by atoms with van der Waals surface area (Å²) in [6.07, 6.45) is 1.49. The molecule has 1 aliphatic rings. The molecule has 0 spiro atoms. The highest BCUT2D eigenvalue weighted by Gasteiger charge is 1.91. The van der Waals surface area contributed by atoms with Crippen molar-refractivity contribution in [2.75, 3.05) is 13.2 Å². The van der Waals surface area contributed by atoms with Crippen molar-refractivity contribution in [3.63, 3.8) is 0 Å². The van der Waals surface area contributed by atoms with Gasteiger partial charge in [-0.05, 0) is 19.1 Å². The molecule has 0 aliphatic carbocycles. The summed E-state index contributed by atoms with van der Waals surface area (Å²) in [5.74, 6) is 0. The molecule has 0 saturated carbocycles. The predicted octanol–water partition coefficient (Wildman–Crippen LogP) is 2.59. The first-order valence-corrected chi connectivity index (χ1v) is 5.28. The first-order valence-electron chi connectivity index (χ1n) is 5.28. The molecular weight excluding hydrogens is 200 g/mol. The monoisotopic (exact) mass is 214 g/mol. The van der Waals surface area contributed by atoms with Crippen molar-refractivity contribution in [2.24, 2.45) is 4.99 Å². The molecule has 0 bridgehead atoms. The molecule has 0 fully saturated rings. The van der Waals surface area contributed by atoms with Crippen LogP contribution in [0, 0.1) is 6.92 Å². The topological polar surface area (TPSA) is 34.5 Å². The third-order valence-corrected chi connectivity index (χ3v) is 2.22. The van der Waals surface area contributed by atoms with Crippen molar-refractivity contribution < 1.29 is 4.74 Å². The van der Waals surface area contributed by atoms with Gasteiger partial charge in [-0.3, -0.25) is 9.98 Å². The van der Waals surface area contributed by atoms with E-state index in [2.05, 4.69) is 26.8 Å². The average molecular weight is 214 g/mol. The number of aryl methyl sites for hydroxylation is 1. The summed E-state index contributed by atoms with van der Waals surface area (Å²) in [7, 11) is 0. The lowest BCUT2D eigenvalue weighted by Crippen LogP contribution is -1.80. The first kappa shape index (κ1) is 10.6. The molecule has 0 unspecified atom stereocenters. The van der Waals surface area contributed by atoms with Crippen molar-refractivity contribution in [1.29, 1.82) is 0 Å². The smallest absolute Gasteiger partial charge is 0.169 e. The van der Waals surface area contributed by atoms with Gasteiger partial charge in [-0.1, -0.05) is 24.3 Å². The zero-order valence-electron chi connectivity index (χ0n) is 9.26. The Labute approximate surface area is 94.8 Å². The lowest BCUT2D eigenvalue weighted by molar-refractivity contribution is 0.361. The Balaban J connectivity index is 0.000000162. The molecular formula is C13H14N2O. The summed E-state index contributed by atoms with van der Waals surface area (Å²) < 4.78 is 4.65. The van der Waals surface area contributed by atoms with Gasteiger partial charge in [0.25, 0.3) is 0 Å². The summed E-state index contributed by atoms with van der Waals surface area (Å²) in [5, 5.41) is 1.21. The molecule has 2 aromatic rings. The number of pyridine rings is 1. The number of fused-ring (bicyclic) bond motifs is 1. The number of hydrogen-bond acceptors (Lipinski definition) is 3. The number of rotatable bonds is 0. The van der Waals surface area contributed by atoms with Crippen LogP contribution >= 0.6 is 0 Å². The molecule has 1 aromatic carbocycles. The van der Waals surface area contributed by atoms with Crippen LogP contribution in [0.2, 0.25) is 0 Å². The fraction of sp³-hybridized carbons (Fsp3) is 0.231. The standard InChI is InChI=1S/C10H9N.C3H5NO/c1-8-6-7-9-4-2-3-5-10(9)11-8;1-2-5-3-4-1/h2-7H,1H3;3H,1-2H2. The molecule has 3 heteroatoms. The van der Waals surface area contributed by atoms with Gasteiger partial charge in [0.05, 0.1) is 12.1 Å². The minimum atomic E-state index is 0.778. The fourth-order valence-corrected chi connectivity index (χ4v) is 1.43. The van der Waals surface area contributed by atoms with Crippen LogP contribution in [0.3, 0.4) is 0 Å². The Morgan fingerprint density at radius 3 is 2.69 bits per heavy atom. The van der Waals surface area contributed by atoms with Gasteiger partial charge in [0.15, 0.2) is 6.40 Å². The van der Waals surface area contributed by atoms with Gasteiger partial charge >= 0.3 is 0 Å². The van der Waals surface area contributed by atoms with E-state index < -0.39 is 0 Å². The Morgan fingerprint density at radius 1 is 1.12 bits per heavy atom. The largest absolute Gasteiger partial charge is 0.482 e. The lowest BCUT2D eigenvalue weighted by Gasteiger charge is -1.95. The molecule has 16 heavy (non-hydrogen) atoms. The van der Waals surface area contributed by atoms with Crippen LogP contribution in [0.15, 0.2) is 41.4 Å². The normalized spacial score (nSPS) is 13.1. The molecule has 0 N–H and O–H groups in total. The maximum atomic E-state index is 4.65. The molecule has 0 atom stereocenters. The zero-order valence-corrected chi connectivity index (χ0v) is 9.26. The number of hydrogen-bond donors (Lipinski definition) is 0. The van der Waals surface area contributed by atoms with Gasteiger partial charge in [0, 0.05) is 11.1 Å². The quantitative estimate of drug-likeness (QED) is 0.675. The second-order valence-electron chi connectivity index (χ2n) is 3.53. The molecule has 3 rings (SSSR count). The number of benzene rings is 1. The second-order valence-corrected chi connectivity index (χ2v) is 3.53. The average Bonchev–Trinajstić information content (AvgIpc) is 2.87. The maximum absolute atomic E-state index is 4.65. The Bertz CT molecular complexity index is 488. The van der Waals surface area contributed by atoms with E-state index in [-0.39, 0.29) is 0 Å². The molecule has 0 radical (unpaired) electrons. The Kier molecular flexibility index (Phi) is 3.49. The van der Waals surface area contributed by atoms with Crippen LogP contribution in [-0.2, 0) is 4.74 Å². The number of aromatic nitrogens is 1. The van der Waals surface area contributed by atoms with Crippen molar-refractivity contribution in [3.8, 4) is 0 Å². The van der Waals surface area contributed by atoms with E-state index in [1.165, 1.54) is 11.8 Å². The second kappa shape index (κ2) is 5.26. The van der Waals surface area contributed by atoms with Gasteiger partial charge in [0.2, 0.25) is 0 Å². The van der Waals surface area contributed by atoms with Crippen molar-refractivity contribution >= 4 is 17.3 Å². The van der Waals surface area contributed by atoms with E-state index in [4.69, 9.17) is 0 Å². The number of nitrogens with zero attached hydrogens (tertiary/aromatic N) is 2. The predicted molar refractivity (Wildman–Crippen MR) is 65.8 cm³/mol. The lowest BCUT2D eigenvalue weighted by atomic mass is 10.2. The van der Waals surface area contributed by atoms with Crippen LogP contribution < -0.4 is 0 Å². The van der Waals surface area contributed by atoms with Gasteiger partial charge in [0.1, 0.15) is 6.61 Å². The van der Waals surface area contributed by atoms with Gasteiger partial charge in [-0.25, -0.2) is 0 Å². The van der Waals surface area contributed by atoms with E-state index >= 15 is 0 Å². The summed E-state index contributed by atoms with van der Waals surface area (Å²) in [4.78, 5) is 8.11. The van der Waals surface area contributed by atoms with E-state index in [9.17, 15) is 0 Å². The highest BCUT2D eigenvalue weighted by molar-refractivity contribution is 5.78. The molecule has 0 saturated heterocycles. The van der Waals surface area contributed by atoms with E-state index in [1.807, 2.05) is 31.2 Å². The minimum Gasteiger partial charge on any atom is -0.482 e. The van der Waals surface area contributed by atoms with E-state index in [0.717, 1.165) is 24.4 Å². The fourth-order valence-electron chi connectivity index (χ4n) is 1.43. The van der Waals surface area contributed by atoms with E-state index in [1.54, 1.807) is 0 Å². The van der Waals surface area contributed by atoms with Crippen molar-refractivity contribution in [2.45, 2.75) is 6.92 Å². The highest BCUT2D eigenvalue weighted by atomic mass is 16.5. The summed E-state index contributed by atoms with van der Waals surface area (Å²) in [6.45, 7) is 3.63.